The molecule has 0 saturated carbocycles. The topological polar surface area (TPSA) is 81.4 Å². The van der Waals surface area contributed by atoms with E-state index in [1.165, 1.54) is 0 Å². The predicted octanol–water partition coefficient (Wildman–Crippen LogP) is -0.319. The van der Waals surface area contributed by atoms with Gasteiger partial charge in [0, 0.05) is 13.2 Å². The average Bonchev–Trinajstić information content (AvgIpc) is 2.13. The molecule has 3 N–H and O–H groups in total. The maximum absolute atomic E-state index is 11.3. The van der Waals surface area contributed by atoms with Crippen molar-refractivity contribution >= 4 is 10.0 Å². The predicted molar refractivity (Wildman–Crippen MR) is 56.6 cm³/mol. The smallest absolute Gasteiger partial charge is 0.211 e. The van der Waals surface area contributed by atoms with E-state index in [0.717, 1.165) is 6.42 Å². The molecule has 5 nitrogen and oxygen atoms in total. The Morgan fingerprint density at radius 2 is 2.07 bits per heavy atom. The number of nitrogens with one attached hydrogen (secondary N) is 1. The summed E-state index contributed by atoms with van der Waals surface area (Å²) in [5.74, 6) is 0.149. The standard InChI is InChI=1S/C8H20N2O3S/c1-2-13-7-6-10-14(11,12)8-4-3-5-9/h10H,2-9H2,1H3. The summed E-state index contributed by atoms with van der Waals surface area (Å²) in [6.07, 6.45) is 1.35. The molecule has 0 aliphatic heterocycles. The van der Waals surface area contributed by atoms with Crippen molar-refractivity contribution in [3.05, 3.63) is 0 Å². The van der Waals surface area contributed by atoms with E-state index >= 15 is 0 Å². The second-order valence-corrected chi connectivity index (χ2v) is 4.83. The highest BCUT2D eigenvalue weighted by Gasteiger charge is 2.07. The number of hydrogen-bond acceptors (Lipinski definition) is 4. The number of sulfonamides is 1. The summed E-state index contributed by atoms with van der Waals surface area (Å²) < 4.78 is 30.0. The van der Waals surface area contributed by atoms with Crippen LogP contribution in [0.15, 0.2) is 0 Å². The van der Waals surface area contributed by atoms with Crippen molar-refractivity contribution in [3.8, 4) is 0 Å². The lowest BCUT2D eigenvalue weighted by molar-refractivity contribution is 0.153. The fourth-order valence-electron chi connectivity index (χ4n) is 0.922. The highest BCUT2D eigenvalue weighted by atomic mass is 32.2. The summed E-state index contributed by atoms with van der Waals surface area (Å²) in [6.45, 7) is 3.78. The molecule has 0 bridgehead atoms. The van der Waals surface area contributed by atoms with Gasteiger partial charge in [-0.1, -0.05) is 0 Å². The van der Waals surface area contributed by atoms with Crippen molar-refractivity contribution < 1.29 is 13.2 Å². The van der Waals surface area contributed by atoms with Gasteiger partial charge >= 0.3 is 0 Å². The number of hydrogen-bond donors (Lipinski definition) is 2. The molecule has 0 aromatic rings. The Balaban J connectivity index is 3.52. The SMILES string of the molecule is CCOCCNS(=O)(=O)CCCCN. The minimum absolute atomic E-state index is 0.149. The van der Waals surface area contributed by atoms with Crippen LogP contribution in [-0.2, 0) is 14.8 Å². The molecule has 0 radical (unpaired) electrons. The summed E-state index contributed by atoms with van der Waals surface area (Å²) in [7, 11) is -3.12. The maximum atomic E-state index is 11.3. The summed E-state index contributed by atoms with van der Waals surface area (Å²) in [5, 5.41) is 0. The lowest BCUT2D eigenvalue weighted by atomic mass is 10.3. The molecule has 0 unspecified atom stereocenters. The summed E-state index contributed by atoms with van der Waals surface area (Å²) in [4.78, 5) is 0. The molecular formula is C8H20N2O3S. The van der Waals surface area contributed by atoms with Crippen LogP contribution in [0.3, 0.4) is 0 Å². The van der Waals surface area contributed by atoms with Gasteiger partial charge in [-0.05, 0) is 26.3 Å². The number of ether oxygens (including phenoxy) is 1. The van der Waals surface area contributed by atoms with Crippen molar-refractivity contribution in [3.63, 3.8) is 0 Å². The normalized spacial score (nSPS) is 11.9. The van der Waals surface area contributed by atoms with Gasteiger partial charge in [-0.2, -0.15) is 0 Å². The molecule has 0 amide bonds. The molecule has 0 aliphatic rings. The molecule has 0 aromatic heterocycles. The Morgan fingerprint density at radius 3 is 2.64 bits per heavy atom. The van der Waals surface area contributed by atoms with Gasteiger partial charge in [0.2, 0.25) is 10.0 Å². The zero-order chi connectivity index (χ0) is 10.9. The molecule has 0 fully saturated rings. The fourth-order valence-corrected chi connectivity index (χ4v) is 2.05. The summed E-state index contributed by atoms with van der Waals surface area (Å²) >= 11 is 0. The van der Waals surface area contributed by atoms with Crippen molar-refractivity contribution in [2.75, 3.05) is 32.1 Å². The van der Waals surface area contributed by atoms with Crippen LogP contribution >= 0.6 is 0 Å². The van der Waals surface area contributed by atoms with E-state index in [1.807, 2.05) is 6.92 Å². The van der Waals surface area contributed by atoms with E-state index in [1.54, 1.807) is 0 Å². The molecule has 0 atom stereocenters. The molecule has 0 rings (SSSR count). The van der Waals surface area contributed by atoms with E-state index in [-0.39, 0.29) is 5.75 Å². The largest absolute Gasteiger partial charge is 0.380 e. The zero-order valence-corrected chi connectivity index (χ0v) is 9.48. The molecule has 0 aliphatic carbocycles. The van der Waals surface area contributed by atoms with Crippen LogP contribution in [0.2, 0.25) is 0 Å². The second-order valence-electron chi connectivity index (χ2n) is 2.91. The highest BCUT2D eigenvalue weighted by Crippen LogP contribution is 1.92. The summed E-state index contributed by atoms with van der Waals surface area (Å²) in [6, 6.07) is 0. The van der Waals surface area contributed by atoms with Crippen molar-refractivity contribution in [2.24, 2.45) is 5.73 Å². The van der Waals surface area contributed by atoms with Gasteiger partial charge in [-0.3, -0.25) is 0 Å². The Hall–Kier alpha value is -0.170. The molecule has 0 spiro atoms. The third kappa shape index (κ3) is 8.43. The van der Waals surface area contributed by atoms with Crippen LogP contribution in [0.4, 0.5) is 0 Å². The first-order chi connectivity index (χ1) is 6.62. The fraction of sp³-hybridized carbons (Fsp3) is 1.00. The van der Waals surface area contributed by atoms with Gasteiger partial charge in [-0.25, -0.2) is 13.1 Å². The van der Waals surface area contributed by atoms with Gasteiger partial charge in [0.25, 0.3) is 0 Å². The third-order valence-corrected chi connectivity index (χ3v) is 3.11. The van der Waals surface area contributed by atoms with Gasteiger partial charge in [0.1, 0.15) is 0 Å². The Morgan fingerprint density at radius 1 is 1.36 bits per heavy atom. The Bertz CT molecular complexity index is 217. The van der Waals surface area contributed by atoms with Gasteiger partial charge < -0.3 is 10.5 Å². The lowest BCUT2D eigenvalue weighted by Gasteiger charge is -2.05. The average molecular weight is 224 g/mol. The van der Waals surface area contributed by atoms with Crippen molar-refractivity contribution in [1.29, 1.82) is 0 Å². The molecule has 86 valence electrons. The van der Waals surface area contributed by atoms with Crippen LogP contribution in [0, 0.1) is 0 Å². The first-order valence-corrected chi connectivity index (χ1v) is 6.52. The molecule has 0 heterocycles. The van der Waals surface area contributed by atoms with Crippen molar-refractivity contribution in [1.82, 2.24) is 4.72 Å². The van der Waals surface area contributed by atoms with Crippen LogP contribution in [0.25, 0.3) is 0 Å². The molecular weight excluding hydrogens is 204 g/mol. The zero-order valence-electron chi connectivity index (χ0n) is 8.66. The maximum Gasteiger partial charge on any atom is 0.211 e. The summed E-state index contributed by atoms with van der Waals surface area (Å²) in [5.41, 5.74) is 5.26. The van der Waals surface area contributed by atoms with Crippen LogP contribution in [0.5, 0.6) is 0 Å². The van der Waals surface area contributed by atoms with E-state index in [9.17, 15) is 8.42 Å². The highest BCUT2D eigenvalue weighted by molar-refractivity contribution is 7.89. The lowest BCUT2D eigenvalue weighted by Crippen LogP contribution is -2.29. The molecule has 0 saturated heterocycles. The van der Waals surface area contributed by atoms with E-state index in [0.29, 0.717) is 32.7 Å². The Kier molecular flexibility index (Phi) is 8.07. The van der Waals surface area contributed by atoms with Crippen molar-refractivity contribution in [2.45, 2.75) is 19.8 Å². The van der Waals surface area contributed by atoms with E-state index < -0.39 is 10.0 Å². The quantitative estimate of drug-likeness (QED) is 0.526. The van der Waals surface area contributed by atoms with Gasteiger partial charge in [0.05, 0.1) is 12.4 Å². The minimum Gasteiger partial charge on any atom is -0.380 e. The molecule has 14 heavy (non-hydrogen) atoms. The first-order valence-electron chi connectivity index (χ1n) is 4.87. The van der Waals surface area contributed by atoms with E-state index in [2.05, 4.69) is 4.72 Å². The third-order valence-electron chi connectivity index (χ3n) is 1.64. The van der Waals surface area contributed by atoms with E-state index in [4.69, 9.17) is 10.5 Å². The van der Waals surface area contributed by atoms with Crippen LogP contribution in [0.1, 0.15) is 19.8 Å². The second kappa shape index (κ2) is 8.16. The Labute approximate surface area is 86.1 Å². The molecule has 0 aromatic carbocycles. The van der Waals surface area contributed by atoms with Gasteiger partial charge in [-0.15, -0.1) is 0 Å². The van der Waals surface area contributed by atoms with Crippen LogP contribution in [-0.4, -0.2) is 40.5 Å². The number of rotatable bonds is 9. The monoisotopic (exact) mass is 224 g/mol. The first kappa shape index (κ1) is 13.8. The molecule has 6 heteroatoms. The minimum atomic E-state index is -3.12. The van der Waals surface area contributed by atoms with Crippen LogP contribution < -0.4 is 10.5 Å². The number of unbranched alkanes of at least 4 members (excludes halogenated alkanes) is 1. The number of nitrogens with two attached hydrogens (primary N) is 1. The van der Waals surface area contributed by atoms with Gasteiger partial charge in [0.15, 0.2) is 0 Å².